The number of para-hydroxylation sites is 1. The van der Waals surface area contributed by atoms with Crippen molar-refractivity contribution < 1.29 is 4.79 Å². The molecule has 1 aromatic carbocycles. The van der Waals surface area contributed by atoms with Crippen molar-refractivity contribution in [3.05, 3.63) is 90.6 Å². The number of carbonyl (C=O) groups excluding carboxylic acids is 1. The molecular weight excluding hydrogens is 397 g/mol. The van der Waals surface area contributed by atoms with Crippen molar-refractivity contribution in [2.45, 2.75) is 6.04 Å². The normalized spacial score (nSPS) is 12.6. The first-order chi connectivity index (χ1) is 14.6. The number of rotatable bonds is 7. The van der Waals surface area contributed by atoms with Gasteiger partial charge in [0.2, 0.25) is 5.78 Å². The molecule has 9 heteroatoms. The lowest BCUT2D eigenvalue weighted by Crippen LogP contribution is -2.29. The maximum Gasteiger partial charge on any atom is 0.210 e. The molecule has 0 aliphatic heterocycles. The molecule has 2 N–H and O–H groups in total. The number of benzene rings is 1. The van der Waals surface area contributed by atoms with Crippen molar-refractivity contribution in [2.75, 3.05) is 11.2 Å². The monoisotopic (exact) mass is 417 g/mol. The Morgan fingerprint density at radius 3 is 2.67 bits per heavy atom. The molecule has 8 nitrogen and oxygen atoms in total. The van der Waals surface area contributed by atoms with E-state index in [2.05, 4.69) is 29.4 Å². The molecule has 0 fully saturated rings. The third-order valence-corrected chi connectivity index (χ3v) is 4.97. The molecule has 150 valence electrons. The molecule has 2 unspecified atom stereocenters. The zero-order chi connectivity index (χ0) is 20.9. The second kappa shape index (κ2) is 8.80. The Hall–Kier alpha value is -3.64. The van der Waals surface area contributed by atoms with Gasteiger partial charge in [-0.25, -0.2) is 9.50 Å². The number of hydrogen-bond donors (Lipinski definition) is 1. The van der Waals surface area contributed by atoms with Gasteiger partial charge >= 0.3 is 0 Å². The molecular formula is C21H20N7OP. The summed E-state index contributed by atoms with van der Waals surface area (Å²) in [6.07, 6.45) is 4.77. The SMILES string of the molecule is N/C(CN(P)c1ccccc1)=N\C(C(=O)c1ccccn1)c1ccc2ncnn2c1. The van der Waals surface area contributed by atoms with Gasteiger partial charge in [-0.2, -0.15) is 5.10 Å². The number of amidine groups is 1. The Morgan fingerprint density at radius 2 is 1.90 bits per heavy atom. The lowest BCUT2D eigenvalue weighted by atomic mass is 10.0. The van der Waals surface area contributed by atoms with Crippen molar-refractivity contribution in [1.82, 2.24) is 19.6 Å². The third-order valence-electron chi connectivity index (χ3n) is 4.49. The molecule has 0 amide bonds. The number of carbonyl (C=O) groups is 1. The summed E-state index contributed by atoms with van der Waals surface area (Å²) < 4.78 is 3.49. The van der Waals surface area contributed by atoms with Gasteiger partial charge in [0.25, 0.3) is 0 Å². The van der Waals surface area contributed by atoms with E-state index in [1.165, 1.54) is 6.33 Å². The Bertz CT molecular complexity index is 1180. The summed E-state index contributed by atoms with van der Waals surface area (Å²) in [6, 6.07) is 17.7. The van der Waals surface area contributed by atoms with E-state index in [4.69, 9.17) is 5.73 Å². The van der Waals surface area contributed by atoms with Crippen molar-refractivity contribution in [1.29, 1.82) is 0 Å². The number of aliphatic imine (C=N–C) groups is 1. The molecule has 0 aliphatic rings. The highest BCUT2D eigenvalue weighted by Crippen LogP contribution is 2.23. The van der Waals surface area contributed by atoms with E-state index in [1.54, 1.807) is 41.2 Å². The second-order valence-electron chi connectivity index (χ2n) is 6.59. The average molecular weight is 417 g/mol. The Morgan fingerprint density at radius 1 is 1.10 bits per heavy atom. The van der Waals surface area contributed by atoms with Crippen molar-refractivity contribution in [3.63, 3.8) is 0 Å². The Balaban J connectivity index is 1.67. The van der Waals surface area contributed by atoms with Gasteiger partial charge in [0.15, 0.2) is 5.65 Å². The summed E-state index contributed by atoms with van der Waals surface area (Å²) in [5, 5.41) is 4.15. The van der Waals surface area contributed by atoms with Crippen LogP contribution in [0.1, 0.15) is 22.1 Å². The van der Waals surface area contributed by atoms with Gasteiger partial charge in [-0.05, 0) is 39.7 Å². The van der Waals surface area contributed by atoms with Crippen LogP contribution in [0.2, 0.25) is 0 Å². The van der Waals surface area contributed by atoms with Crippen LogP contribution in [0.15, 0.2) is 84.4 Å². The smallest absolute Gasteiger partial charge is 0.210 e. The van der Waals surface area contributed by atoms with Crippen LogP contribution in [0.4, 0.5) is 5.69 Å². The Labute approximate surface area is 175 Å². The lowest BCUT2D eigenvalue weighted by molar-refractivity contribution is 0.0957. The average Bonchev–Trinajstić information content (AvgIpc) is 3.26. The summed E-state index contributed by atoms with van der Waals surface area (Å²) in [7, 11) is 2.62. The number of aromatic nitrogens is 4. The standard InChI is InChI=1S/C21H20N7OP/c22-18(13-28(30)16-6-2-1-3-7-16)26-20(21(29)17-8-4-5-11-23-17)15-9-10-19-24-14-25-27(19)12-15/h1-12,14,20H,13,30H2,(H2,22,26). The van der Waals surface area contributed by atoms with Crippen LogP contribution in [0.3, 0.4) is 0 Å². The Kier molecular flexibility index (Phi) is 5.77. The number of fused-ring (bicyclic) bond motifs is 1. The van der Waals surface area contributed by atoms with Crippen molar-refractivity contribution in [3.8, 4) is 0 Å². The van der Waals surface area contributed by atoms with Crippen LogP contribution in [-0.2, 0) is 0 Å². The minimum atomic E-state index is -0.845. The molecule has 0 bridgehead atoms. The summed E-state index contributed by atoms with van der Waals surface area (Å²) in [5.74, 6) is 0.0786. The maximum absolute atomic E-state index is 13.2. The predicted molar refractivity (Wildman–Crippen MR) is 119 cm³/mol. The molecule has 4 aromatic rings. The molecule has 0 aliphatic carbocycles. The van der Waals surface area contributed by atoms with E-state index in [0.29, 0.717) is 29.3 Å². The van der Waals surface area contributed by atoms with E-state index >= 15 is 0 Å². The van der Waals surface area contributed by atoms with E-state index < -0.39 is 6.04 Å². The van der Waals surface area contributed by atoms with E-state index in [9.17, 15) is 4.79 Å². The molecule has 2 atom stereocenters. The highest BCUT2D eigenvalue weighted by atomic mass is 31.0. The fourth-order valence-corrected chi connectivity index (χ4v) is 3.38. The molecule has 0 radical (unpaired) electrons. The van der Waals surface area contributed by atoms with Gasteiger partial charge < -0.3 is 10.4 Å². The first-order valence-corrected chi connectivity index (χ1v) is 9.77. The topological polar surface area (TPSA) is 102 Å². The minimum absolute atomic E-state index is 0.243. The van der Waals surface area contributed by atoms with Gasteiger partial charge in [-0.15, -0.1) is 0 Å². The molecule has 3 aromatic heterocycles. The summed E-state index contributed by atoms with van der Waals surface area (Å²) in [6.45, 7) is 0.340. The molecule has 0 saturated carbocycles. The number of anilines is 1. The van der Waals surface area contributed by atoms with E-state index in [1.807, 2.05) is 41.1 Å². The fraction of sp³-hybridized carbons (Fsp3) is 0.0952. The van der Waals surface area contributed by atoms with Gasteiger partial charge in [0.05, 0.1) is 6.54 Å². The molecule has 0 spiro atoms. The van der Waals surface area contributed by atoms with Crippen molar-refractivity contribution >= 4 is 32.3 Å². The number of nitrogens with zero attached hydrogens (tertiary/aromatic N) is 6. The first kappa shape index (κ1) is 19.7. The predicted octanol–water partition coefficient (Wildman–Crippen LogP) is 2.70. The molecule has 4 rings (SSSR count). The minimum Gasteiger partial charge on any atom is -0.386 e. The fourth-order valence-electron chi connectivity index (χ4n) is 3.02. The number of pyridine rings is 2. The molecule has 30 heavy (non-hydrogen) atoms. The van der Waals surface area contributed by atoms with Crippen LogP contribution in [0, 0.1) is 0 Å². The lowest BCUT2D eigenvalue weighted by Gasteiger charge is -2.19. The zero-order valence-electron chi connectivity index (χ0n) is 16.0. The quantitative estimate of drug-likeness (QED) is 0.215. The highest BCUT2D eigenvalue weighted by molar-refractivity contribution is 7.19. The maximum atomic E-state index is 13.2. The van der Waals surface area contributed by atoms with Crippen LogP contribution in [0.25, 0.3) is 5.65 Å². The number of ketones is 1. The van der Waals surface area contributed by atoms with Crippen LogP contribution >= 0.6 is 9.39 Å². The molecule has 0 saturated heterocycles. The number of hydrogen-bond acceptors (Lipinski definition) is 6. The second-order valence-corrected chi connectivity index (χ2v) is 7.21. The summed E-state index contributed by atoms with van der Waals surface area (Å²) >= 11 is 0. The molecule has 3 heterocycles. The van der Waals surface area contributed by atoms with Crippen molar-refractivity contribution in [2.24, 2.45) is 10.7 Å². The first-order valence-electron chi connectivity index (χ1n) is 9.26. The summed E-state index contributed by atoms with van der Waals surface area (Å²) in [4.78, 5) is 26.1. The van der Waals surface area contributed by atoms with Gasteiger partial charge in [0, 0.05) is 23.6 Å². The third kappa shape index (κ3) is 4.34. The largest absolute Gasteiger partial charge is 0.386 e. The number of Topliss-reactive ketones (excluding diaryl/α,β-unsaturated/α-hetero) is 1. The highest BCUT2D eigenvalue weighted by Gasteiger charge is 2.24. The van der Waals surface area contributed by atoms with Crippen LogP contribution in [0.5, 0.6) is 0 Å². The van der Waals surface area contributed by atoms with E-state index in [0.717, 1.165) is 5.69 Å². The van der Waals surface area contributed by atoms with E-state index in [-0.39, 0.29) is 5.78 Å². The zero-order valence-corrected chi connectivity index (χ0v) is 17.2. The van der Waals surface area contributed by atoms with Gasteiger partial charge in [-0.3, -0.25) is 14.8 Å². The van der Waals surface area contributed by atoms with Gasteiger partial charge in [-0.1, -0.05) is 30.3 Å². The van der Waals surface area contributed by atoms with Gasteiger partial charge in [0.1, 0.15) is 23.9 Å². The number of nitrogens with two attached hydrogens (primary N) is 1. The van der Waals surface area contributed by atoms with Crippen LogP contribution in [-0.4, -0.2) is 37.7 Å². The van der Waals surface area contributed by atoms with Crippen LogP contribution < -0.4 is 10.4 Å². The summed E-state index contributed by atoms with van der Waals surface area (Å²) in [5.41, 5.74) is 8.87.